The summed E-state index contributed by atoms with van der Waals surface area (Å²) in [6.45, 7) is 1.80. The van der Waals surface area contributed by atoms with Crippen molar-refractivity contribution in [1.82, 2.24) is 4.90 Å². The highest BCUT2D eigenvalue weighted by Crippen LogP contribution is 2.35. The number of carbonyl (C=O) groups is 1. The van der Waals surface area contributed by atoms with Crippen LogP contribution < -0.4 is 9.47 Å². The van der Waals surface area contributed by atoms with E-state index in [1.165, 1.54) is 0 Å². The first-order valence-corrected chi connectivity index (χ1v) is 9.16. The topological polar surface area (TPSA) is 51.9 Å². The smallest absolute Gasteiger partial charge is 0.231 e. The van der Waals surface area contributed by atoms with Gasteiger partial charge in [-0.3, -0.25) is 4.79 Å². The summed E-state index contributed by atoms with van der Waals surface area (Å²) in [5, 5.41) is 0.336. The van der Waals surface area contributed by atoms with Crippen LogP contribution in [0.25, 0.3) is 0 Å². The third-order valence-electron chi connectivity index (χ3n) is 4.35. The number of carbonyl (C=O) groups excluding carboxylic acids is 1. The Hall–Kier alpha value is -2.08. The molecule has 1 atom stereocenters. The van der Waals surface area contributed by atoms with Crippen LogP contribution in [0.1, 0.15) is 23.0 Å². The molecule has 1 aromatic carbocycles. The molecule has 1 saturated heterocycles. The molecule has 1 fully saturated rings. The van der Waals surface area contributed by atoms with Crippen molar-refractivity contribution in [2.75, 3.05) is 25.6 Å². The summed E-state index contributed by atoms with van der Waals surface area (Å²) in [6, 6.07) is 9.64. The molecule has 126 valence electrons. The highest BCUT2D eigenvalue weighted by molar-refractivity contribution is 7.99. The third-order valence-corrected chi connectivity index (χ3v) is 5.64. The van der Waals surface area contributed by atoms with Gasteiger partial charge in [-0.15, -0.1) is 11.8 Å². The van der Waals surface area contributed by atoms with Crippen molar-refractivity contribution >= 4 is 17.7 Å². The zero-order valence-electron chi connectivity index (χ0n) is 13.3. The number of ether oxygens (including phenoxy) is 2. The molecular weight excluding hydrogens is 326 g/mol. The second-order valence-electron chi connectivity index (χ2n) is 5.91. The van der Waals surface area contributed by atoms with Gasteiger partial charge in [0.1, 0.15) is 5.76 Å². The van der Waals surface area contributed by atoms with Gasteiger partial charge in [-0.2, -0.15) is 0 Å². The summed E-state index contributed by atoms with van der Waals surface area (Å²) in [5.41, 5.74) is 0.962. The fraction of sp³-hybridized carbons (Fsp3) is 0.389. The highest BCUT2D eigenvalue weighted by atomic mass is 32.2. The van der Waals surface area contributed by atoms with Crippen LogP contribution in [0.4, 0.5) is 0 Å². The first-order chi connectivity index (χ1) is 11.8. The van der Waals surface area contributed by atoms with Crippen molar-refractivity contribution in [2.45, 2.75) is 18.1 Å². The second-order valence-corrected chi connectivity index (χ2v) is 7.22. The highest BCUT2D eigenvalue weighted by Gasteiger charge is 2.24. The maximum absolute atomic E-state index is 12.6. The van der Waals surface area contributed by atoms with E-state index in [0.717, 1.165) is 48.1 Å². The Kier molecular flexibility index (Phi) is 4.38. The van der Waals surface area contributed by atoms with Crippen LogP contribution in [0, 0.1) is 0 Å². The van der Waals surface area contributed by atoms with Gasteiger partial charge in [0.2, 0.25) is 12.7 Å². The Labute approximate surface area is 144 Å². The molecule has 0 radical (unpaired) electrons. The largest absolute Gasteiger partial charge is 0.468 e. The summed E-state index contributed by atoms with van der Waals surface area (Å²) in [7, 11) is 0. The summed E-state index contributed by atoms with van der Waals surface area (Å²) < 4.78 is 16.2. The summed E-state index contributed by atoms with van der Waals surface area (Å²) in [4.78, 5) is 14.6. The van der Waals surface area contributed by atoms with E-state index in [0.29, 0.717) is 11.7 Å². The molecular formula is C18H19NO4S. The lowest BCUT2D eigenvalue weighted by Crippen LogP contribution is -2.34. The van der Waals surface area contributed by atoms with E-state index in [9.17, 15) is 4.79 Å². The van der Waals surface area contributed by atoms with E-state index in [-0.39, 0.29) is 12.7 Å². The molecule has 5 nitrogen and oxygen atoms in total. The molecule has 1 unspecified atom stereocenters. The standard InChI is InChI=1S/C18H19NO4S/c20-18(11-13-3-4-14-16(10-13)23-12-22-14)19-6-5-17(24-9-7-19)15-2-1-8-21-15/h1-4,8,10,17H,5-7,9,11-12H2. The molecule has 24 heavy (non-hydrogen) atoms. The van der Waals surface area contributed by atoms with Gasteiger partial charge in [0.15, 0.2) is 11.5 Å². The van der Waals surface area contributed by atoms with E-state index in [1.54, 1.807) is 6.26 Å². The van der Waals surface area contributed by atoms with E-state index >= 15 is 0 Å². The Morgan fingerprint density at radius 3 is 3.00 bits per heavy atom. The van der Waals surface area contributed by atoms with Crippen molar-refractivity contribution < 1.29 is 18.7 Å². The molecule has 6 heteroatoms. The van der Waals surface area contributed by atoms with Crippen LogP contribution in [-0.2, 0) is 11.2 Å². The van der Waals surface area contributed by atoms with Crippen LogP contribution in [0.2, 0.25) is 0 Å². The Morgan fingerprint density at radius 2 is 2.12 bits per heavy atom. The first-order valence-electron chi connectivity index (χ1n) is 8.11. The predicted molar refractivity (Wildman–Crippen MR) is 91.4 cm³/mol. The predicted octanol–water partition coefficient (Wildman–Crippen LogP) is 3.26. The van der Waals surface area contributed by atoms with E-state index in [2.05, 4.69) is 0 Å². The molecule has 2 aliphatic rings. The molecule has 0 N–H and O–H groups in total. The van der Waals surface area contributed by atoms with Gasteiger partial charge >= 0.3 is 0 Å². The van der Waals surface area contributed by atoms with Crippen molar-refractivity contribution in [3.63, 3.8) is 0 Å². The van der Waals surface area contributed by atoms with Crippen molar-refractivity contribution in [3.8, 4) is 11.5 Å². The fourth-order valence-corrected chi connectivity index (χ4v) is 4.24. The molecule has 2 aliphatic heterocycles. The second kappa shape index (κ2) is 6.81. The van der Waals surface area contributed by atoms with Gasteiger partial charge in [0.05, 0.1) is 17.9 Å². The fourth-order valence-electron chi connectivity index (χ4n) is 3.06. The number of hydrogen-bond acceptors (Lipinski definition) is 5. The summed E-state index contributed by atoms with van der Waals surface area (Å²) in [6.07, 6.45) is 3.03. The molecule has 1 aromatic heterocycles. The minimum atomic E-state index is 0.162. The van der Waals surface area contributed by atoms with Crippen LogP contribution in [0.3, 0.4) is 0 Å². The average molecular weight is 345 g/mol. The maximum Gasteiger partial charge on any atom is 0.231 e. The minimum absolute atomic E-state index is 0.162. The lowest BCUT2D eigenvalue weighted by atomic mass is 10.1. The lowest BCUT2D eigenvalue weighted by molar-refractivity contribution is -0.130. The van der Waals surface area contributed by atoms with Gasteiger partial charge in [0, 0.05) is 18.8 Å². The molecule has 3 heterocycles. The van der Waals surface area contributed by atoms with Crippen molar-refractivity contribution in [2.24, 2.45) is 0 Å². The summed E-state index contributed by atoms with van der Waals surface area (Å²) >= 11 is 1.86. The number of thioether (sulfide) groups is 1. The number of hydrogen-bond donors (Lipinski definition) is 0. The zero-order valence-corrected chi connectivity index (χ0v) is 14.1. The number of fused-ring (bicyclic) bond motifs is 1. The number of benzene rings is 1. The van der Waals surface area contributed by atoms with Crippen LogP contribution in [0.15, 0.2) is 41.0 Å². The number of rotatable bonds is 3. The van der Waals surface area contributed by atoms with E-state index in [4.69, 9.17) is 13.9 Å². The van der Waals surface area contributed by atoms with Crippen LogP contribution >= 0.6 is 11.8 Å². The van der Waals surface area contributed by atoms with Crippen LogP contribution in [0.5, 0.6) is 11.5 Å². The number of furan rings is 1. The normalized spacial score (nSPS) is 20.0. The first kappa shape index (κ1) is 15.4. The number of amides is 1. The van der Waals surface area contributed by atoms with Gasteiger partial charge < -0.3 is 18.8 Å². The molecule has 0 aliphatic carbocycles. The Balaban J connectivity index is 1.38. The number of nitrogens with zero attached hydrogens (tertiary/aromatic N) is 1. The third kappa shape index (κ3) is 3.24. The molecule has 1 amide bonds. The van der Waals surface area contributed by atoms with Gasteiger partial charge in [-0.25, -0.2) is 0 Å². The molecule has 0 bridgehead atoms. The van der Waals surface area contributed by atoms with Gasteiger partial charge in [-0.05, 0) is 36.2 Å². The monoisotopic (exact) mass is 345 g/mol. The van der Waals surface area contributed by atoms with E-state index in [1.807, 2.05) is 47.0 Å². The Bertz CT molecular complexity index is 716. The summed E-state index contributed by atoms with van der Waals surface area (Å²) in [5.74, 6) is 3.57. The van der Waals surface area contributed by atoms with Crippen molar-refractivity contribution in [1.29, 1.82) is 0 Å². The average Bonchev–Trinajstić information content (AvgIpc) is 3.22. The molecule has 4 rings (SSSR count). The minimum Gasteiger partial charge on any atom is -0.468 e. The van der Waals surface area contributed by atoms with Gasteiger partial charge in [0.25, 0.3) is 0 Å². The van der Waals surface area contributed by atoms with Gasteiger partial charge in [-0.1, -0.05) is 6.07 Å². The Morgan fingerprint density at radius 1 is 1.21 bits per heavy atom. The SMILES string of the molecule is O=C(Cc1ccc2c(c1)OCO2)N1CCSC(c2ccco2)CC1. The molecule has 0 spiro atoms. The quantitative estimate of drug-likeness (QED) is 0.855. The molecule has 2 aromatic rings. The van der Waals surface area contributed by atoms with Crippen LogP contribution in [-0.4, -0.2) is 36.4 Å². The molecule has 0 saturated carbocycles. The van der Waals surface area contributed by atoms with E-state index < -0.39 is 0 Å². The van der Waals surface area contributed by atoms with Crippen molar-refractivity contribution in [3.05, 3.63) is 47.9 Å². The lowest BCUT2D eigenvalue weighted by Gasteiger charge is -2.20. The maximum atomic E-state index is 12.6. The zero-order chi connectivity index (χ0) is 16.4.